The van der Waals surface area contributed by atoms with Crippen LogP contribution >= 0.6 is 31.9 Å². The van der Waals surface area contributed by atoms with Gasteiger partial charge in [-0.05, 0) is 42.0 Å². The Morgan fingerprint density at radius 2 is 1.87 bits per heavy atom. The Bertz CT molecular complexity index is 772. The third-order valence-electron chi connectivity index (χ3n) is 2.90. The molecule has 0 spiro atoms. The van der Waals surface area contributed by atoms with Crippen LogP contribution in [-0.4, -0.2) is 18.3 Å². The standard InChI is InChI=1S/C17H13Br2NO3/c18-12-6-8-16(23-10-17(20)22)13(9-12)15(21)7-5-11-3-1-2-4-14(11)19/h1-9H,10H2,(H2,20,22). The normalized spacial score (nSPS) is 10.7. The summed E-state index contributed by atoms with van der Waals surface area (Å²) in [5.41, 5.74) is 6.31. The third-order valence-corrected chi connectivity index (χ3v) is 4.11. The molecule has 0 fully saturated rings. The quantitative estimate of drug-likeness (QED) is 0.547. The van der Waals surface area contributed by atoms with Crippen LogP contribution in [0.2, 0.25) is 0 Å². The van der Waals surface area contributed by atoms with Gasteiger partial charge in [0.15, 0.2) is 12.4 Å². The van der Waals surface area contributed by atoms with Crippen LogP contribution in [0.15, 0.2) is 57.5 Å². The zero-order valence-corrected chi connectivity index (χ0v) is 15.1. The number of ether oxygens (including phenoxy) is 1. The maximum atomic E-state index is 12.4. The highest BCUT2D eigenvalue weighted by Crippen LogP contribution is 2.25. The molecule has 2 aromatic rings. The van der Waals surface area contributed by atoms with Crippen LogP contribution in [0, 0.1) is 0 Å². The fourth-order valence-electron chi connectivity index (χ4n) is 1.84. The van der Waals surface area contributed by atoms with Gasteiger partial charge in [0.25, 0.3) is 5.91 Å². The smallest absolute Gasteiger partial charge is 0.255 e. The zero-order chi connectivity index (χ0) is 16.8. The van der Waals surface area contributed by atoms with E-state index in [2.05, 4.69) is 31.9 Å². The van der Waals surface area contributed by atoms with Gasteiger partial charge in [-0.25, -0.2) is 0 Å². The van der Waals surface area contributed by atoms with Crippen molar-refractivity contribution in [3.05, 3.63) is 68.6 Å². The van der Waals surface area contributed by atoms with Crippen molar-refractivity contribution in [1.29, 1.82) is 0 Å². The van der Waals surface area contributed by atoms with Crippen LogP contribution in [0.3, 0.4) is 0 Å². The largest absolute Gasteiger partial charge is 0.483 e. The average Bonchev–Trinajstić information content (AvgIpc) is 2.52. The molecule has 2 aromatic carbocycles. The summed E-state index contributed by atoms with van der Waals surface area (Å²) >= 11 is 6.74. The molecule has 0 heterocycles. The summed E-state index contributed by atoms with van der Waals surface area (Å²) in [7, 11) is 0. The van der Waals surface area contributed by atoms with Crippen molar-refractivity contribution in [1.82, 2.24) is 0 Å². The number of rotatable bonds is 6. The van der Waals surface area contributed by atoms with Crippen molar-refractivity contribution in [3.63, 3.8) is 0 Å². The number of amides is 1. The number of hydrogen-bond donors (Lipinski definition) is 1. The Balaban J connectivity index is 2.26. The molecule has 0 bridgehead atoms. The molecule has 4 nitrogen and oxygen atoms in total. The van der Waals surface area contributed by atoms with E-state index < -0.39 is 5.91 Å². The van der Waals surface area contributed by atoms with E-state index in [-0.39, 0.29) is 12.4 Å². The number of halogens is 2. The second-order valence-corrected chi connectivity index (χ2v) is 6.38. The Labute approximate surface area is 150 Å². The van der Waals surface area contributed by atoms with Crippen LogP contribution in [0.1, 0.15) is 15.9 Å². The van der Waals surface area contributed by atoms with Gasteiger partial charge in [-0.3, -0.25) is 9.59 Å². The minimum absolute atomic E-state index is 0.235. The van der Waals surface area contributed by atoms with Crippen molar-refractivity contribution in [2.45, 2.75) is 0 Å². The maximum absolute atomic E-state index is 12.4. The first-order valence-corrected chi connectivity index (χ1v) is 8.23. The highest BCUT2D eigenvalue weighted by Gasteiger charge is 2.12. The maximum Gasteiger partial charge on any atom is 0.255 e. The summed E-state index contributed by atoms with van der Waals surface area (Å²) in [4.78, 5) is 23.3. The summed E-state index contributed by atoms with van der Waals surface area (Å²) < 4.78 is 6.92. The molecule has 0 aromatic heterocycles. The van der Waals surface area contributed by atoms with Gasteiger partial charge in [0.1, 0.15) is 5.75 Å². The SMILES string of the molecule is NC(=O)COc1ccc(Br)cc1C(=O)C=Cc1ccccc1Br. The molecule has 0 atom stereocenters. The Morgan fingerprint density at radius 1 is 1.13 bits per heavy atom. The van der Waals surface area contributed by atoms with E-state index in [1.54, 1.807) is 24.3 Å². The lowest BCUT2D eigenvalue weighted by molar-refractivity contribution is -0.119. The van der Waals surface area contributed by atoms with Gasteiger partial charge in [-0.15, -0.1) is 0 Å². The van der Waals surface area contributed by atoms with E-state index >= 15 is 0 Å². The number of carbonyl (C=O) groups excluding carboxylic acids is 2. The van der Waals surface area contributed by atoms with Crippen molar-refractivity contribution in [3.8, 4) is 5.75 Å². The van der Waals surface area contributed by atoms with Crippen LogP contribution in [0.4, 0.5) is 0 Å². The van der Waals surface area contributed by atoms with Crippen molar-refractivity contribution < 1.29 is 14.3 Å². The molecule has 6 heteroatoms. The topological polar surface area (TPSA) is 69.4 Å². The molecular formula is C17H13Br2NO3. The first kappa shape index (κ1) is 17.4. The number of carbonyl (C=O) groups is 2. The van der Waals surface area contributed by atoms with E-state index in [4.69, 9.17) is 10.5 Å². The molecule has 0 radical (unpaired) electrons. The Morgan fingerprint density at radius 3 is 2.57 bits per heavy atom. The lowest BCUT2D eigenvalue weighted by Gasteiger charge is -2.08. The molecule has 0 aliphatic carbocycles. The molecule has 2 N–H and O–H groups in total. The number of allylic oxidation sites excluding steroid dienone is 1. The van der Waals surface area contributed by atoms with E-state index in [9.17, 15) is 9.59 Å². The molecule has 0 saturated heterocycles. The lowest BCUT2D eigenvalue weighted by Crippen LogP contribution is -2.20. The first-order chi connectivity index (χ1) is 11.0. The number of primary amides is 1. The van der Waals surface area contributed by atoms with Gasteiger partial charge in [0, 0.05) is 8.95 Å². The van der Waals surface area contributed by atoms with Crippen molar-refractivity contribution in [2.24, 2.45) is 5.73 Å². The van der Waals surface area contributed by atoms with Gasteiger partial charge in [-0.1, -0.05) is 50.1 Å². The molecule has 2 rings (SSSR count). The van der Waals surface area contributed by atoms with Gasteiger partial charge < -0.3 is 10.5 Å². The van der Waals surface area contributed by atoms with Gasteiger partial charge in [0.2, 0.25) is 0 Å². The van der Waals surface area contributed by atoms with Crippen molar-refractivity contribution >= 4 is 49.6 Å². The fourth-order valence-corrected chi connectivity index (χ4v) is 2.61. The van der Waals surface area contributed by atoms with Crippen LogP contribution in [0.5, 0.6) is 5.75 Å². The summed E-state index contributed by atoms with van der Waals surface area (Å²) in [6.45, 7) is -0.282. The van der Waals surface area contributed by atoms with E-state index in [0.717, 1.165) is 14.5 Å². The van der Waals surface area contributed by atoms with E-state index in [1.807, 2.05) is 24.3 Å². The van der Waals surface area contributed by atoms with Gasteiger partial charge in [0.05, 0.1) is 5.56 Å². The second kappa shape index (κ2) is 8.08. The summed E-state index contributed by atoms with van der Waals surface area (Å²) in [5, 5.41) is 0. The monoisotopic (exact) mass is 437 g/mol. The third kappa shape index (κ3) is 5.04. The molecule has 0 aliphatic rings. The Hall–Kier alpha value is -1.92. The van der Waals surface area contributed by atoms with Crippen molar-refractivity contribution in [2.75, 3.05) is 6.61 Å². The van der Waals surface area contributed by atoms with E-state index in [0.29, 0.717) is 11.3 Å². The summed E-state index contributed by atoms with van der Waals surface area (Å²) in [6.07, 6.45) is 3.17. The van der Waals surface area contributed by atoms with Gasteiger partial charge in [-0.2, -0.15) is 0 Å². The summed E-state index contributed by atoms with van der Waals surface area (Å²) in [6, 6.07) is 12.5. The minimum Gasteiger partial charge on any atom is -0.483 e. The average molecular weight is 439 g/mol. The predicted octanol–water partition coefficient (Wildman–Crippen LogP) is 3.97. The van der Waals surface area contributed by atoms with E-state index in [1.165, 1.54) is 6.08 Å². The number of benzene rings is 2. The van der Waals surface area contributed by atoms with Crippen LogP contribution < -0.4 is 10.5 Å². The highest BCUT2D eigenvalue weighted by atomic mass is 79.9. The Kier molecular flexibility index (Phi) is 6.12. The number of ketones is 1. The fraction of sp³-hybridized carbons (Fsp3) is 0.0588. The molecular weight excluding hydrogens is 426 g/mol. The molecule has 0 unspecified atom stereocenters. The predicted molar refractivity (Wildman–Crippen MR) is 96.3 cm³/mol. The van der Waals surface area contributed by atoms with Crippen LogP contribution in [-0.2, 0) is 4.79 Å². The van der Waals surface area contributed by atoms with Gasteiger partial charge >= 0.3 is 0 Å². The molecule has 118 valence electrons. The van der Waals surface area contributed by atoms with Crippen LogP contribution in [0.25, 0.3) is 6.08 Å². The highest BCUT2D eigenvalue weighted by molar-refractivity contribution is 9.10. The number of nitrogens with two attached hydrogens (primary N) is 1. The lowest BCUT2D eigenvalue weighted by atomic mass is 10.1. The molecule has 0 aliphatic heterocycles. The summed E-state index contributed by atoms with van der Waals surface area (Å²) in [5.74, 6) is -0.523. The number of hydrogen-bond acceptors (Lipinski definition) is 3. The second-order valence-electron chi connectivity index (χ2n) is 4.61. The zero-order valence-electron chi connectivity index (χ0n) is 12.0. The minimum atomic E-state index is -0.602. The molecule has 1 amide bonds. The first-order valence-electron chi connectivity index (χ1n) is 6.65. The molecule has 23 heavy (non-hydrogen) atoms. The molecule has 0 saturated carbocycles.